The van der Waals surface area contributed by atoms with Crippen molar-refractivity contribution in [1.29, 1.82) is 0 Å². The molecule has 0 aromatic heterocycles. The number of benzene rings is 2. The van der Waals surface area contributed by atoms with Gasteiger partial charge in [0.25, 0.3) is 0 Å². The van der Waals surface area contributed by atoms with Crippen LogP contribution in [0.1, 0.15) is 42.5 Å². The predicted octanol–water partition coefficient (Wildman–Crippen LogP) is 4.34. The first kappa shape index (κ1) is 17.9. The van der Waals surface area contributed by atoms with Crippen LogP contribution in [-0.4, -0.2) is 25.1 Å². The first-order chi connectivity index (χ1) is 13.2. The lowest BCUT2D eigenvalue weighted by Gasteiger charge is -2.47. The zero-order chi connectivity index (χ0) is 18.8. The molecular weight excluding hydrogens is 340 g/mol. The van der Waals surface area contributed by atoms with Crippen LogP contribution in [0.3, 0.4) is 0 Å². The number of rotatable bonds is 4. The number of oxime groups is 1. The maximum Gasteiger partial charge on any atom is 0.118 e. The lowest BCUT2D eigenvalue weighted by Crippen LogP contribution is -2.50. The van der Waals surface area contributed by atoms with Crippen molar-refractivity contribution in [2.75, 3.05) is 14.2 Å². The van der Waals surface area contributed by atoms with E-state index in [0.717, 1.165) is 36.5 Å². The van der Waals surface area contributed by atoms with E-state index in [-0.39, 0.29) is 23.9 Å². The van der Waals surface area contributed by atoms with Gasteiger partial charge in [-0.2, -0.15) is 0 Å². The number of hydrogen-bond acceptors (Lipinski definition) is 5. The van der Waals surface area contributed by atoms with Gasteiger partial charge in [0.2, 0.25) is 0 Å². The van der Waals surface area contributed by atoms with Crippen molar-refractivity contribution < 1.29 is 14.7 Å². The van der Waals surface area contributed by atoms with Crippen molar-refractivity contribution in [3.63, 3.8) is 0 Å². The van der Waals surface area contributed by atoms with Crippen LogP contribution in [0.15, 0.2) is 53.7 Å². The second-order valence-corrected chi connectivity index (χ2v) is 7.34. The SMILES string of the molecule is COc1ccc(C2NC(c3ccc(OC)cc3)C3CCCC2C3=NO)cc1. The number of methoxy groups -OCH3 is 2. The third-order valence-electron chi connectivity index (χ3n) is 6.02. The van der Waals surface area contributed by atoms with E-state index < -0.39 is 0 Å². The third-order valence-corrected chi connectivity index (χ3v) is 6.02. The minimum atomic E-state index is 0.116. The Morgan fingerprint density at radius 3 is 1.63 bits per heavy atom. The van der Waals surface area contributed by atoms with Gasteiger partial charge >= 0.3 is 0 Å². The molecule has 2 bridgehead atoms. The number of nitrogens with one attached hydrogen (secondary N) is 1. The lowest BCUT2D eigenvalue weighted by molar-refractivity contribution is 0.214. The molecule has 5 nitrogen and oxygen atoms in total. The van der Waals surface area contributed by atoms with Gasteiger partial charge in [-0.25, -0.2) is 0 Å². The molecule has 2 fully saturated rings. The lowest BCUT2D eigenvalue weighted by atomic mass is 9.67. The standard InChI is InChI=1S/C22H26N2O3/c1-26-16-10-6-14(7-11-16)20-18-4-3-5-19(22(18)24-25)21(23-20)15-8-12-17(27-2)13-9-15/h6-13,18-21,23,25H,3-5H2,1-2H3. The van der Waals surface area contributed by atoms with Crippen molar-refractivity contribution in [3.05, 3.63) is 59.7 Å². The first-order valence-corrected chi connectivity index (χ1v) is 9.51. The molecule has 2 aliphatic rings. The normalized spacial score (nSPS) is 27.1. The van der Waals surface area contributed by atoms with E-state index in [0.29, 0.717) is 0 Å². The Bertz CT molecular complexity index is 738. The monoisotopic (exact) mass is 366 g/mol. The highest BCUT2D eigenvalue weighted by atomic mass is 16.5. The smallest absolute Gasteiger partial charge is 0.118 e. The fraction of sp³-hybridized carbons (Fsp3) is 0.409. The Balaban J connectivity index is 1.70. The summed E-state index contributed by atoms with van der Waals surface area (Å²) in [6.45, 7) is 0. The van der Waals surface area contributed by atoms with Crippen LogP contribution in [0.2, 0.25) is 0 Å². The van der Waals surface area contributed by atoms with E-state index in [1.54, 1.807) is 14.2 Å². The number of nitrogens with zero attached hydrogens (tertiary/aromatic N) is 1. The Morgan fingerprint density at radius 1 is 0.815 bits per heavy atom. The molecule has 142 valence electrons. The van der Waals surface area contributed by atoms with Crippen LogP contribution in [0.5, 0.6) is 11.5 Å². The maximum atomic E-state index is 9.81. The molecule has 0 amide bonds. The van der Waals surface area contributed by atoms with Crippen molar-refractivity contribution >= 4 is 5.71 Å². The van der Waals surface area contributed by atoms with E-state index in [1.807, 2.05) is 24.3 Å². The van der Waals surface area contributed by atoms with Gasteiger partial charge < -0.3 is 20.0 Å². The molecule has 4 unspecified atom stereocenters. The molecule has 1 aliphatic heterocycles. The molecule has 2 aromatic carbocycles. The van der Waals surface area contributed by atoms with Crippen LogP contribution in [-0.2, 0) is 0 Å². The summed E-state index contributed by atoms with van der Waals surface area (Å²) in [5, 5.41) is 17.4. The largest absolute Gasteiger partial charge is 0.497 e. The van der Waals surface area contributed by atoms with Crippen molar-refractivity contribution in [2.45, 2.75) is 31.3 Å². The first-order valence-electron chi connectivity index (χ1n) is 9.51. The van der Waals surface area contributed by atoms with E-state index >= 15 is 0 Å². The molecule has 27 heavy (non-hydrogen) atoms. The van der Waals surface area contributed by atoms with Gasteiger partial charge in [0.1, 0.15) is 11.5 Å². The Kier molecular flexibility index (Phi) is 5.03. The molecule has 2 N–H and O–H groups in total. The Morgan fingerprint density at radius 2 is 1.26 bits per heavy atom. The highest BCUT2D eigenvalue weighted by Gasteiger charge is 2.45. The van der Waals surface area contributed by atoms with Crippen molar-refractivity contribution in [3.8, 4) is 11.5 Å². The summed E-state index contributed by atoms with van der Waals surface area (Å²) in [6.07, 6.45) is 3.22. The summed E-state index contributed by atoms with van der Waals surface area (Å²) in [5.41, 5.74) is 3.32. The average Bonchev–Trinajstić information content (AvgIpc) is 2.74. The predicted molar refractivity (Wildman–Crippen MR) is 105 cm³/mol. The van der Waals surface area contributed by atoms with Gasteiger partial charge in [-0.1, -0.05) is 35.8 Å². The van der Waals surface area contributed by atoms with Gasteiger partial charge in [0.15, 0.2) is 0 Å². The molecule has 4 rings (SSSR count). The van der Waals surface area contributed by atoms with E-state index in [9.17, 15) is 5.21 Å². The van der Waals surface area contributed by atoms with Gasteiger partial charge in [0.05, 0.1) is 19.9 Å². The van der Waals surface area contributed by atoms with Crippen molar-refractivity contribution in [2.24, 2.45) is 17.0 Å². The molecule has 5 heteroatoms. The highest BCUT2D eigenvalue weighted by Crippen LogP contribution is 2.46. The highest BCUT2D eigenvalue weighted by molar-refractivity contribution is 5.91. The van der Waals surface area contributed by atoms with Crippen LogP contribution in [0.25, 0.3) is 0 Å². The van der Waals surface area contributed by atoms with Crippen LogP contribution < -0.4 is 14.8 Å². The molecule has 1 heterocycles. The average molecular weight is 366 g/mol. The summed E-state index contributed by atoms with van der Waals surface area (Å²) in [5.74, 6) is 2.13. The third kappa shape index (κ3) is 3.28. The van der Waals surface area contributed by atoms with Gasteiger partial charge in [-0.15, -0.1) is 0 Å². The summed E-state index contributed by atoms with van der Waals surface area (Å²) < 4.78 is 10.6. The number of fused-ring (bicyclic) bond motifs is 2. The van der Waals surface area contributed by atoms with Gasteiger partial charge in [0, 0.05) is 23.9 Å². The molecule has 4 atom stereocenters. The zero-order valence-corrected chi connectivity index (χ0v) is 15.8. The van der Waals surface area contributed by atoms with E-state index in [2.05, 4.69) is 34.7 Å². The molecule has 0 spiro atoms. The molecule has 0 radical (unpaired) electrons. The fourth-order valence-corrected chi connectivity index (χ4v) is 4.66. The summed E-state index contributed by atoms with van der Waals surface area (Å²) in [4.78, 5) is 0. The number of hydrogen-bond donors (Lipinski definition) is 2. The Hall–Kier alpha value is -2.53. The quantitative estimate of drug-likeness (QED) is 0.624. The maximum absolute atomic E-state index is 9.81. The second-order valence-electron chi connectivity index (χ2n) is 7.34. The molecular formula is C22H26N2O3. The van der Waals surface area contributed by atoms with Gasteiger partial charge in [-0.3, -0.25) is 0 Å². The molecule has 1 saturated heterocycles. The topological polar surface area (TPSA) is 63.1 Å². The van der Waals surface area contributed by atoms with Gasteiger partial charge in [-0.05, 0) is 48.2 Å². The summed E-state index contributed by atoms with van der Waals surface area (Å²) in [7, 11) is 3.35. The van der Waals surface area contributed by atoms with E-state index in [1.165, 1.54) is 11.1 Å². The van der Waals surface area contributed by atoms with Crippen LogP contribution in [0, 0.1) is 11.8 Å². The van der Waals surface area contributed by atoms with E-state index in [4.69, 9.17) is 9.47 Å². The van der Waals surface area contributed by atoms with Crippen molar-refractivity contribution in [1.82, 2.24) is 5.32 Å². The number of ether oxygens (including phenoxy) is 2. The minimum absolute atomic E-state index is 0.116. The molecule has 1 saturated carbocycles. The van der Waals surface area contributed by atoms with Crippen LogP contribution in [0.4, 0.5) is 0 Å². The molecule has 2 aromatic rings. The second kappa shape index (κ2) is 7.61. The Labute approximate surface area is 160 Å². The number of piperidine rings is 1. The summed E-state index contributed by atoms with van der Waals surface area (Å²) in [6, 6.07) is 16.6. The minimum Gasteiger partial charge on any atom is -0.497 e. The molecule has 1 aliphatic carbocycles. The van der Waals surface area contributed by atoms with Crippen LogP contribution >= 0.6 is 0 Å². The zero-order valence-electron chi connectivity index (χ0n) is 15.8. The summed E-state index contributed by atoms with van der Waals surface area (Å²) >= 11 is 0. The fourth-order valence-electron chi connectivity index (χ4n) is 4.66.